The van der Waals surface area contributed by atoms with E-state index in [1.165, 1.54) is 16.8 Å². The van der Waals surface area contributed by atoms with Crippen molar-refractivity contribution >= 4 is 28.4 Å². The van der Waals surface area contributed by atoms with Crippen LogP contribution in [-0.2, 0) is 35.4 Å². The summed E-state index contributed by atoms with van der Waals surface area (Å²) in [5, 5.41) is 4.19. The Morgan fingerprint density at radius 1 is 0.881 bits per heavy atom. The van der Waals surface area contributed by atoms with Crippen LogP contribution in [0.15, 0.2) is 79.0 Å². The third kappa shape index (κ3) is 7.02. The van der Waals surface area contributed by atoms with Gasteiger partial charge in [-0.1, -0.05) is 68.4 Å². The number of rotatable bonds is 11. The number of amides is 2. The van der Waals surface area contributed by atoms with Crippen LogP contribution in [-0.4, -0.2) is 72.4 Å². The molecule has 0 aliphatic carbocycles. The first-order valence-electron chi connectivity index (χ1n) is 15.2. The highest BCUT2D eigenvalue weighted by Gasteiger charge is 2.27. The Morgan fingerprint density at radius 2 is 1.60 bits per heavy atom. The van der Waals surface area contributed by atoms with Crippen LogP contribution in [0.25, 0.3) is 10.9 Å². The molecule has 2 heterocycles. The third-order valence-corrected chi connectivity index (χ3v) is 8.42. The smallest absolute Gasteiger partial charge is 0.245 e. The van der Waals surface area contributed by atoms with Crippen LogP contribution in [0, 0.1) is 0 Å². The number of aromatic amines is 1. The standard InChI is InChI=1S/C35H43N5O2/c1-4-27-16-15-26(21-28(27)5-2)24-38(3)35(42)33(22-29-23-36-32-14-10-9-13-31(29)32)37-34(41)25-39-17-19-40(20-18-39)30-11-7-6-8-12-30/h6-16,21,23,33,36H,4-5,17-20,22,24-25H2,1-3H3,(H,37,41). The van der Waals surface area contributed by atoms with Gasteiger partial charge in [-0.15, -0.1) is 0 Å². The van der Waals surface area contributed by atoms with Gasteiger partial charge < -0.3 is 20.1 Å². The van der Waals surface area contributed by atoms with Crippen LogP contribution in [0.1, 0.15) is 36.1 Å². The summed E-state index contributed by atoms with van der Waals surface area (Å²) < 4.78 is 0. The molecule has 5 rings (SSSR count). The number of nitrogens with zero attached hydrogens (tertiary/aromatic N) is 3. The molecule has 1 aliphatic heterocycles. The summed E-state index contributed by atoms with van der Waals surface area (Å²) in [5.74, 6) is -0.199. The molecule has 0 spiro atoms. The minimum Gasteiger partial charge on any atom is -0.369 e. The number of aromatic nitrogens is 1. The van der Waals surface area contributed by atoms with Crippen molar-refractivity contribution in [2.75, 3.05) is 44.7 Å². The van der Waals surface area contributed by atoms with Crippen LogP contribution in [0.2, 0.25) is 0 Å². The maximum atomic E-state index is 13.9. The van der Waals surface area contributed by atoms with Gasteiger partial charge in [0, 0.05) is 69.0 Å². The highest BCUT2D eigenvalue weighted by molar-refractivity contribution is 5.90. The number of benzene rings is 3. The molecule has 1 saturated heterocycles. The number of nitrogens with one attached hydrogen (secondary N) is 2. The molecule has 0 saturated carbocycles. The fourth-order valence-corrected chi connectivity index (χ4v) is 6.04. The number of fused-ring (bicyclic) bond motifs is 1. The van der Waals surface area contributed by atoms with Gasteiger partial charge >= 0.3 is 0 Å². The molecule has 1 fully saturated rings. The van der Waals surface area contributed by atoms with Crippen molar-refractivity contribution in [1.82, 2.24) is 20.1 Å². The van der Waals surface area contributed by atoms with Crippen molar-refractivity contribution in [3.8, 4) is 0 Å². The molecule has 1 unspecified atom stereocenters. The van der Waals surface area contributed by atoms with Crippen LogP contribution < -0.4 is 10.2 Å². The van der Waals surface area contributed by atoms with E-state index in [2.05, 4.69) is 82.5 Å². The lowest BCUT2D eigenvalue weighted by Crippen LogP contribution is -2.53. The molecule has 7 heteroatoms. The first-order valence-corrected chi connectivity index (χ1v) is 15.2. The van der Waals surface area contributed by atoms with E-state index in [4.69, 9.17) is 0 Å². The monoisotopic (exact) mass is 565 g/mol. The molecule has 0 radical (unpaired) electrons. The summed E-state index contributed by atoms with van der Waals surface area (Å²) in [4.78, 5) is 36.8. The Bertz CT molecular complexity index is 1490. The number of H-pyrrole nitrogens is 1. The minimum absolute atomic E-state index is 0.0832. The second kappa shape index (κ2) is 13.7. The lowest BCUT2D eigenvalue weighted by molar-refractivity contribution is -0.136. The van der Waals surface area contributed by atoms with Crippen LogP contribution >= 0.6 is 0 Å². The predicted octanol–water partition coefficient (Wildman–Crippen LogP) is 4.80. The lowest BCUT2D eigenvalue weighted by atomic mass is 9.99. The van der Waals surface area contributed by atoms with E-state index < -0.39 is 6.04 Å². The van der Waals surface area contributed by atoms with Gasteiger partial charge in [0.1, 0.15) is 6.04 Å². The van der Waals surface area contributed by atoms with Gasteiger partial charge in [0.05, 0.1) is 6.54 Å². The average Bonchev–Trinajstić information content (AvgIpc) is 3.43. The van der Waals surface area contributed by atoms with Gasteiger partial charge in [0.25, 0.3) is 0 Å². The van der Waals surface area contributed by atoms with E-state index in [1.54, 1.807) is 4.90 Å². The highest BCUT2D eigenvalue weighted by atomic mass is 16.2. The second-order valence-corrected chi connectivity index (χ2v) is 11.3. The van der Waals surface area contributed by atoms with E-state index in [9.17, 15) is 9.59 Å². The Morgan fingerprint density at radius 3 is 2.33 bits per heavy atom. The summed E-state index contributed by atoms with van der Waals surface area (Å²) in [6.07, 6.45) is 4.35. The Kier molecular flexibility index (Phi) is 9.59. The summed E-state index contributed by atoms with van der Waals surface area (Å²) in [6, 6.07) is 24.3. The topological polar surface area (TPSA) is 71.7 Å². The quantitative estimate of drug-likeness (QED) is 0.274. The fraction of sp³-hybridized carbons (Fsp3) is 0.371. The summed E-state index contributed by atoms with van der Waals surface area (Å²) in [5.41, 5.74) is 7.04. The average molecular weight is 566 g/mol. The van der Waals surface area contributed by atoms with Gasteiger partial charge in [-0.05, 0) is 53.3 Å². The molecule has 3 aromatic carbocycles. The summed E-state index contributed by atoms with van der Waals surface area (Å²) in [7, 11) is 1.83. The molecule has 2 N–H and O–H groups in total. The molecular weight excluding hydrogens is 522 g/mol. The van der Waals surface area contributed by atoms with Gasteiger partial charge in [0.15, 0.2) is 0 Å². The number of piperazine rings is 1. The SMILES string of the molecule is CCc1ccc(CN(C)C(=O)C(Cc2c[nH]c3ccccc23)NC(=O)CN2CCN(c3ccccc3)CC2)cc1CC. The third-order valence-electron chi connectivity index (χ3n) is 8.42. The molecular formula is C35H43N5O2. The molecule has 7 nitrogen and oxygen atoms in total. The van der Waals surface area contributed by atoms with Gasteiger partial charge in [0.2, 0.25) is 11.8 Å². The van der Waals surface area contributed by atoms with E-state index >= 15 is 0 Å². The molecule has 0 bridgehead atoms. The first-order chi connectivity index (χ1) is 20.4. The minimum atomic E-state index is -0.659. The Balaban J connectivity index is 1.27. The summed E-state index contributed by atoms with van der Waals surface area (Å²) >= 11 is 0. The van der Waals surface area contributed by atoms with Crippen molar-refractivity contribution in [1.29, 1.82) is 0 Å². The number of aryl methyl sites for hydroxylation is 2. The lowest BCUT2D eigenvalue weighted by Gasteiger charge is -2.36. The van der Waals surface area contributed by atoms with Crippen LogP contribution in [0.3, 0.4) is 0 Å². The maximum Gasteiger partial charge on any atom is 0.245 e. The number of hydrogen-bond donors (Lipinski definition) is 2. The summed E-state index contributed by atoms with van der Waals surface area (Å²) in [6.45, 7) is 8.46. The zero-order valence-corrected chi connectivity index (χ0v) is 25.1. The molecule has 4 aromatic rings. The maximum absolute atomic E-state index is 13.9. The van der Waals surface area contributed by atoms with Crippen molar-refractivity contribution in [3.05, 3.63) is 101 Å². The molecule has 2 amide bonds. The van der Waals surface area contributed by atoms with E-state index in [1.807, 2.05) is 37.5 Å². The second-order valence-electron chi connectivity index (χ2n) is 11.3. The van der Waals surface area contributed by atoms with E-state index in [-0.39, 0.29) is 18.4 Å². The number of anilines is 1. The number of carbonyl (C=O) groups excluding carboxylic acids is 2. The van der Waals surface area contributed by atoms with Crippen LogP contribution in [0.5, 0.6) is 0 Å². The number of carbonyl (C=O) groups is 2. The van der Waals surface area contributed by atoms with Crippen LogP contribution in [0.4, 0.5) is 5.69 Å². The van der Waals surface area contributed by atoms with E-state index in [0.29, 0.717) is 13.0 Å². The largest absolute Gasteiger partial charge is 0.369 e. The number of likely N-dealkylation sites (N-methyl/N-ethyl adjacent to an activating group) is 1. The van der Waals surface area contributed by atoms with Gasteiger partial charge in [-0.25, -0.2) is 0 Å². The highest BCUT2D eigenvalue weighted by Crippen LogP contribution is 2.21. The van der Waals surface area contributed by atoms with Gasteiger partial charge in [-0.3, -0.25) is 14.5 Å². The van der Waals surface area contributed by atoms with Crippen molar-refractivity contribution in [2.45, 2.75) is 45.7 Å². The fourth-order valence-electron chi connectivity index (χ4n) is 6.04. The van der Waals surface area contributed by atoms with Crippen molar-refractivity contribution in [3.63, 3.8) is 0 Å². The molecule has 1 atom stereocenters. The molecule has 1 aliphatic rings. The van der Waals surface area contributed by atoms with Crippen molar-refractivity contribution < 1.29 is 9.59 Å². The zero-order valence-electron chi connectivity index (χ0n) is 25.1. The normalized spacial score (nSPS) is 14.6. The zero-order chi connectivity index (χ0) is 29.5. The number of para-hydroxylation sites is 2. The van der Waals surface area contributed by atoms with E-state index in [0.717, 1.165) is 61.1 Å². The predicted molar refractivity (Wildman–Crippen MR) is 171 cm³/mol. The Hall–Kier alpha value is -4.10. The van der Waals surface area contributed by atoms with Gasteiger partial charge in [-0.2, -0.15) is 0 Å². The molecule has 1 aromatic heterocycles. The molecule has 42 heavy (non-hydrogen) atoms. The number of hydrogen-bond acceptors (Lipinski definition) is 4. The molecule has 220 valence electrons. The Labute approximate surface area is 249 Å². The van der Waals surface area contributed by atoms with Crippen molar-refractivity contribution in [2.24, 2.45) is 0 Å². The first kappa shape index (κ1) is 29.4.